The first kappa shape index (κ1) is 32.6. The van der Waals surface area contributed by atoms with Gasteiger partial charge in [-0.1, -0.05) is 0 Å². The number of carbonyl (C=O) groups is 2. The van der Waals surface area contributed by atoms with Gasteiger partial charge in [0.25, 0.3) is 11.5 Å². The fraction of sp³-hybridized carbons (Fsp3) is 0.448. The number of likely N-dealkylation sites (tertiary alicyclic amines) is 1. The lowest BCUT2D eigenvalue weighted by Crippen LogP contribution is -2.46. The van der Waals surface area contributed by atoms with Crippen LogP contribution in [-0.2, 0) is 25.5 Å². The van der Waals surface area contributed by atoms with Gasteiger partial charge in [0, 0.05) is 37.9 Å². The lowest BCUT2D eigenvalue weighted by molar-refractivity contribution is -0.125. The maximum Gasteiger partial charge on any atom is 0.419 e. The Morgan fingerprint density at radius 2 is 1.76 bits per heavy atom. The number of nitrogens with zero attached hydrogens (tertiary/aromatic N) is 2. The number of hydrogen-bond donors (Lipinski definition) is 6. The number of aromatic amines is 3. The van der Waals surface area contributed by atoms with Crippen LogP contribution >= 0.6 is 0 Å². The number of nitrogens with one attached hydrogen (secondary N) is 5. The van der Waals surface area contributed by atoms with Crippen molar-refractivity contribution in [2.45, 2.75) is 25.4 Å². The molecule has 1 fully saturated rings. The van der Waals surface area contributed by atoms with Crippen molar-refractivity contribution in [2.75, 3.05) is 65.0 Å². The third kappa shape index (κ3) is 8.05. The Hall–Kier alpha value is -4.84. The average molecular weight is 641 g/mol. The Kier molecular flexibility index (Phi) is 10.9. The summed E-state index contributed by atoms with van der Waals surface area (Å²) in [5.74, 6) is -1.48. The molecule has 0 bridgehead atoms. The van der Waals surface area contributed by atoms with Crippen LogP contribution in [0.3, 0.4) is 0 Å². The molecular weight excluding hydrogens is 604 g/mol. The lowest BCUT2D eigenvalue weighted by atomic mass is 10.1. The minimum atomic E-state index is -0.909. The van der Waals surface area contributed by atoms with Crippen LogP contribution in [0.1, 0.15) is 28.8 Å². The van der Waals surface area contributed by atoms with Gasteiger partial charge in [-0.3, -0.25) is 24.4 Å². The van der Waals surface area contributed by atoms with Crippen molar-refractivity contribution in [3.8, 4) is 0 Å². The van der Waals surface area contributed by atoms with E-state index in [-0.39, 0.29) is 52.9 Å². The fourth-order valence-corrected chi connectivity index (χ4v) is 5.22. The zero-order chi connectivity index (χ0) is 32.5. The number of aromatic nitrogens is 4. The smallest absolute Gasteiger partial charge is 0.378 e. The molecule has 7 N–H and O–H groups in total. The molecule has 0 aliphatic carbocycles. The van der Waals surface area contributed by atoms with E-state index in [1.165, 1.54) is 23.1 Å². The Morgan fingerprint density at radius 1 is 1.02 bits per heavy atom. The Labute approximate surface area is 260 Å². The number of nitrogen functional groups attached to an aromatic ring is 1. The minimum absolute atomic E-state index is 0.0639. The number of H-pyrrole nitrogens is 3. The van der Waals surface area contributed by atoms with E-state index in [1.54, 1.807) is 6.20 Å². The van der Waals surface area contributed by atoms with Crippen molar-refractivity contribution in [1.29, 1.82) is 0 Å². The first-order valence-corrected chi connectivity index (χ1v) is 14.9. The Balaban J connectivity index is 0.901. The third-order valence-electron chi connectivity index (χ3n) is 7.40. The number of rotatable bonds is 16. The molecule has 1 atom stereocenters. The molecule has 1 aliphatic rings. The molecule has 1 aliphatic heterocycles. The summed E-state index contributed by atoms with van der Waals surface area (Å²) in [5, 5.41) is 6.65. The second-order valence-electron chi connectivity index (χ2n) is 10.5. The Bertz CT molecular complexity index is 1850. The SMILES string of the molecule is Nc1nc2[nH]cc(CNCCOCCOCCOCCNC(=O)[C@@H]3CCCN3C(=O)c3ccc4c(=O)oc(=O)[nH]c4c3)c2c(=O)[nH]1. The maximum atomic E-state index is 13.2. The number of anilines is 1. The van der Waals surface area contributed by atoms with E-state index < -0.39 is 17.4 Å². The molecule has 0 unspecified atom stereocenters. The molecular formula is C29H36N8O9. The molecule has 1 saturated heterocycles. The lowest BCUT2D eigenvalue weighted by Gasteiger charge is -2.24. The van der Waals surface area contributed by atoms with Crippen LogP contribution in [0, 0.1) is 0 Å². The van der Waals surface area contributed by atoms with E-state index in [1.807, 2.05) is 0 Å². The van der Waals surface area contributed by atoms with Crippen LogP contribution in [0.15, 0.2) is 43.2 Å². The highest BCUT2D eigenvalue weighted by Gasteiger charge is 2.34. The predicted octanol–water partition coefficient (Wildman–Crippen LogP) is -0.811. The summed E-state index contributed by atoms with van der Waals surface area (Å²) >= 11 is 0. The van der Waals surface area contributed by atoms with Gasteiger partial charge in [-0.2, -0.15) is 4.98 Å². The molecule has 246 valence electrons. The van der Waals surface area contributed by atoms with E-state index in [0.717, 1.165) is 5.56 Å². The molecule has 0 spiro atoms. The summed E-state index contributed by atoms with van der Waals surface area (Å²) < 4.78 is 21.1. The highest BCUT2D eigenvalue weighted by atomic mass is 16.5. The van der Waals surface area contributed by atoms with Crippen molar-refractivity contribution in [1.82, 2.24) is 35.5 Å². The molecule has 2 amide bonds. The van der Waals surface area contributed by atoms with E-state index >= 15 is 0 Å². The zero-order valence-electron chi connectivity index (χ0n) is 25.0. The molecule has 5 rings (SSSR count). The van der Waals surface area contributed by atoms with E-state index in [9.17, 15) is 24.0 Å². The number of fused-ring (bicyclic) bond motifs is 2. The van der Waals surface area contributed by atoms with Gasteiger partial charge in [0.05, 0.1) is 55.9 Å². The zero-order valence-corrected chi connectivity index (χ0v) is 25.0. The third-order valence-corrected chi connectivity index (χ3v) is 7.40. The fourth-order valence-electron chi connectivity index (χ4n) is 5.22. The number of hydrogen-bond acceptors (Lipinski definition) is 12. The van der Waals surface area contributed by atoms with E-state index in [2.05, 4.69) is 35.0 Å². The van der Waals surface area contributed by atoms with Crippen LogP contribution in [0.4, 0.5) is 5.95 Å². The van der Waals surface area contributed by atoms with Crippen molar-refractivity contribution in [3.05, 3.63) is 66.8 Å². The van der Waals surface area contributed by atoms with Crippen LogP contribution < -0.4 is 33.3 Å². The molecule has 4 aromatic rings. The molecule has 17 heteroatoms. The van der Waals surface area contributed by atoms with Crippen molar-refractivity contribution >= 4 is 39.7 Å². The first-order valence-electron chi connectivity index (χ1n) is 14.9. The topological polar surface area (TPSA) is 240 Å². The highest BCUT2D eigenvalue weighted by Crippen LogP contribution is 2.21. The van der Waals surface area contributed by atoms with Crippen LogP contribution in [-0.4, -0.2) is 102 Å². The standard InChI is InChI=1S/C29H36N8O9/c30-28-35-23-22(25(39)36-28)18(16-33-23)15-31-5-8-43-10-12-45-13-11-44-9-6-32-24(38)21-2-1-7-37(21)26(40)17-3-4-19-20(14-17)34-29(42)46-27(19)41/h3-4,14,16,21,31H,1-2,5-13,15H2,(H,32,38)(H,34,42)(H4,30,33,35,36,39)/t21-/m0/s1. The highest BCUT2D eigenvalue weighted by molar-refractivity contribution is 6.00. The number of ether oxygens (including phenoxy) is 3. The van der Waals surface area contributed by atoms with Gasteiger partial charge in [-0.15, -0.1) is 0 Å². The van der Waals surface area contributed by atoms with Crippen LogP contribution in [0.2, 0.25) is 0 Å². The van der Waals surface area contributed by atoms with Gasteiger partial charge in [0.2, 0.25) is 11.9 Å². The molecule has 4 heterocycles. The van der Waals surface area contributed by atoms with Crippen molar-refractivity contribution < 1.29 is 28.2 Å². The second-order valence-corrected chi connectivity index (χ2v) is 10.5. The number of carbonyl (C=O) groups excluding carboxylic acids is 2. The molecule has 0 radical (unpaired) electrons. The van der Waals surface area contributed by atoms with Gasteiger partial charge < -0.3 is 44.9 Å². The summed E-state index contributed by atoms with van der Waals surface area (Å²) in [6.07, 6.45) is 2.92. The van der Waals surface area contributed by atoms with Gasteiger partial charge in [0.15, 0.2) is 0 Å². The predicted molar refractivity (Wildman–Crippen MR) is 165 cm³/mol. The van der Waals surface area contributed by atoms with Crippen LogP contribution in [0.25, 0.3) is 21.9 Å². The van der Waals surface area contributed by atoms with Gasteiger partial charge >= 0.3 is 11.4 Å². The largest absolute Gasteiger partial charge is 0.419 e. The summed E-state index contributed by atoms with van der Waals surface area (Å²) in [6, 6.07) is 3.67. The van der Waals surface area contributed by atoms with Crippen molar-refractivity contribution in [2.24, 2.45) is 0 Å². The molecule has 1 aromatic carbocycles. The second kappa shape index (κ2) is 15.4. The summed E-state index contributed by atoms with van der Waals surface area (Å²) in [5.41, 5.74) is 6.17. The van der Waals surface area contributed by atoms with Crippen LogP contribution in [0.5, 0.6) is 0 Å². The molecule has 17 nitrogen and oxygen atoms in total. The number of benzene rings is 1. The van der Waals surface area contributed by atoms with E-state index in [4.69, 9.17) is 19.9 Å². The average Bonchev–Trinajstić information content (AvgIpc) is 3.68. The van der Waals surface area contributed by atoms with Gasteiger partial charge in [0.1, 0.15) is 11.7 Å². The Morgan fingerprint density at radius 3 is 2.54 bits per heavy atom. The molecule has 0 saturated carbocycles. The quantitative estimate of drug-likeness (QED) is 0.0824. The molecule has 3 aromatic heterocycles. The van der Waals surface area contributed by atoms with Gasteiger partial charge in [-0.05, 0) is 36.6 Å². The summed E-state index contributed by atoms with van der Waals surface area (Å²) in [7, 11) is 0. The minimum Gasteiger partial charge on any atom is -0.378 e. The molecule has 46 heavy (non-hydrogen) atoms. The number of nitrogens with two attached hydrogens (primary N) is 1. The maximum absolute atomic E-state index is 13.2. The number of amides is 2. The first-order chi connectivity index (χ1) is 22.3. The monoisotopic (exact) mass is 640 g/mol. The summed E-state index contributed by atoms with van der Waals surface area (Å²) in [4.78, 5) is 74.8. The van der Waals surface area contributed by atoms with Gasteiger partial charge in [-0.25, -0.2) is 9.59 Å². The van der Waals surface area contributed by atoms with Crippen molar-refractivity contribution in [3.63, 3.8) is 0 Å². The van der Waals surface area contributed by atoms with E-state index in [0.29, 0.717) is 76.5 Å². The summed E-state index contributed by atoms with van der Waals surface area (Å²) in [6.45, 7) is 4.02. The normalized spacial score (nSPS) is 14.8.